The third-order valence-corrected chi connectivity index (χ3v) is 2.77. The van der Waals surface area contributed by atoms with Gasteiger partial charge in [-0.15, -0.1) is 0 Å². The van der Waals surface area contributed by atoms with E-state index in [1.54, 1.807) is 0 Å². The second-order valence-corrected chi connectivity index (χ2v) is 3.85. The lowest BCUT2D eigenvalue weighted by molar-refractivity contribution is -0.367. The summed E-state index contributed by atoms with van der Waals surface area (Å²) >= 11 is 1.99. The Morgan fingerprint density at radius 2 is 1.92 bits per heavy atom. The molecule has 0 spiro atoms. The molecule has 0 heterocycles. The highest BCUT2D eigenvalue weighted by Gasteiger charge is 1.91. The topological polar surface area (TPSA) is 27.6 Å². The molecule has 0 saturated heterocycles. The number of quaternary nitrogens is 1. The molecule has 1 aromatic rings. The Bertz CT molecular complexity index is 198. The molecule has 0 amide bonds. The molecule has 0 unspecified atom stereocenters. The van der Waals surface area contributed by atoms with Gasteiger partial charge in [-0.1, -0.05) is 30.3 Å². The quantitative estimate of drug-likeness (QED) is 0.687. The van der Waals surface area contributed by atoms with Crippen LogP contribution in [0.3, 0.4) is 0 Å². The Balaban J connectivity index is 2.16. The summed E-state index contributed by atoms with van der Waals surface area (Å²) in [5.41, 5.74) is 5.24. The van der Waals surface area contributed by atoms with Crippen molar-refractivity contribution in [2.24, 2.45) is 0 Å². The summed E-state index contributed by atoms with van der Waals surface area (Å²) in [6.07, 6.45) is 1.23. The molecular formula is C10H16NS+. The van der Waals surface area contributed by atoms with Crippen molar-refractivity contribution >= 4 is 11.8 Å². The Labute approximate surface area is 78.4 Å². The van der Waals surface area contributed by atoms with Crippen molar-refractivity contribution in [3.8, 4) is 0 Å². The fraction of sp³-hybridized carbons (Fsp3) is 0.400. The maximum atomic E-state index is 3.82. The van der Waals surface area contributed by atoms with Crippen LogP contribution in [0.2, 0.25) is 0 Å². The summed E-state index contributed by atoms with van der Waals surface area (Å²) in [5.74, 6) is 2.37. The summed E-state index contributed by atoms with van der Waals surface area (Å²) in [6.45, 7) is 1.06. The second kappa shape index (κ2) is 6.09. The van der Waals surface area contributed by atoms with Crippen LogP contribution in [0, 0.1) is 0 Å². The van der Waals surface area contributed by atoms with Gasteiger partial charge in [-0.05, 0) is 11.3 Å². The van der Waals surface area contributed by atoms with Gasteiger partial charge in [0.05, 0.1) is 6.54 Å². The maximum absolute atomic E-state index is 3.82. The first-order valence-corrected chi connectivity index (χ1v) is 5.50. The largest absolute Gasteiger partial charge is 0.358 e. The zero-order chi connectivity index (χ0) is 8.65. The molecule has 0 aliphatic heterocycles. The first-order valence-electron chi connectivity index (χ1n) is 4.34. The van der Waals surface area contributed by atoms with Crippen molar-refractivity contribution in [3.63, 3.8) is 0 Å². The zero-order valence-electron chi connectivity index (χ0n) is 7.33. The molecule has 66 valence electrons. The molecular weight excluding hydrogens is 166 g/mol. The Kier molecular flexibility index (Phi) is 4.88. The lowest BCUT2D eigenvalue weighted by Crippen LogP contribution is -2.50. The molecule has 0 saturated carbocycles. The molecule has 3 N–H and O–H groups in total. The monoisotopic (exact) mass is 182 g/mol. The third kappa shape index (κ3) is 3.79. The standard InChI is InChI=1S/C10H15NS/c11-7-4-8-12-9-10-5-2-1-3-6-10/h1-3,5-6H,4,7-9,11H2/p+1. The number of hydrogen-bond donors (Lipinski definition) is 1. The van der Waals surface area contributed by atoms with Gasteiger partial charge in [-0.3, -0.25) is 0 Å². The highest BCUT2D eigenvalue weighted by molar-refractivity contribution is 7.98. The molecule has 0 fully saturated rings. The van der Waals surface area contributed by atoms with E-state index in [4.69, 9.17) is 0 Å². The summed E-state index contributed by atoms with van der Waals surface area (Å²) in [5, 5.41) is 0. The van der Waals surface area contributed by atoms with Gasteiger partial charge < -0.3 is 5.73 Å². The lowest BCUT2D eigenvalue weighted by Gasteiger charge is -1.99. The Morgan fingerprint density at radius 1 is 1.17 bits per heavy atom. The molecule has 1 aromatic carbocycles. The van der Waals surface area contributed by atoms with Crippen molar-refractivity contribution < 1.29 is 5.73 Å². The minimum absolute atomic E-state index is 1.06. The highest BCUT2D eigenvalue weighted by Crippen LogP contribution is 2.11. The predicted molar refractivity (Wildman–Crippen MR) is 55.0 cm³/mol. The zero-order valence-corrected chi connectivity index (χ0v) is 8.15. The normalized spacial score (nSPS) is 10.1. The third-order valence-electron chi connectivity index (χ3n) is 1.65. The number of rotatable bonds is 5. The van der Waals surface area contributed by atoms with Crippen LogP contribution in [-0.4, -0.2) is 12.3 Å². The van der Waals surface area contributed by atoms with Gasteiger partial charge in [0.25, 0.3) is 0 Å². The van der Waals surface area contributed by atoms with Crippen LogP contribution in [0.1, 0.15) is 12.0 Å². The summed E-state index contributed by atoms with van der Waals surface area (Å²) in [6, 6.07) is 10.6. The first-order chi connectivity index (χ1) is 5.93. The van der Waals surface area contributed by atoms with E-state index in [2.05, 4.69) is 36.1 Å². The second-order valence-electron chi connectivity index (χ2n) is 2.75. The van der Waals surface area contributed by atoms with Crippen LogP contribution < -0.4 is 5.73 Å². The molecule has 0 aromatic heterocycles. The van der Waals surface area contributed by atoms with Gasteiger partial charge in [0.1, 0.15) is 0 Å². The molecule has 2 heteroatoms. The van der Waals surface area contributed by atoms with E-state index in [9.17, 15) is 0 Å². The van der Waals surface area contributed by atoms with E-state index in [1.165, 1.54) is 17.7 Å². The summed E-state index contributed by atoms with van der Waals surface area (Å²) in [4.78, 5) is 0. The van der Waals surface area contributed by atoms with Gasteiger partial charge in [0.2, 0.25) is 0 Å². The number of hydrogen-bond acceptors (Lipinski definition) is 1. The van der Waals surface area contributed by atoms with Gasteiger partial charge in [0, 0.05) is 12.2 Å². The fourth-order valence-electron chi connectivity index (χ4n) is 0.968. The first kappa shape index (κ1) is 9.62. The van der Waals surface area contributed by atoms with E-state index in [1.807, 2.05) is 11.8 Å². The Morgan fingerprint density at radius 3 is 2.58 bits per heavy atom. The van der Waals surface area contributed by atoms with Crippen molar-refractivity contribution in [3.05, 3.63) is 35.9 Å². The molecule has 12 heavy (non-hydrogen) atoms. The average molecular weight is 182 g/mol. The number of benzene rings is 1. The van der Waals surface area contributed by atoms with Gasteiger partial charge >= 0.3 is 0 Å². The molecule has 1 nitrogen and oxygen atoms in total. The molecule has 0 radical (unpaired) electrons. The molecule has 1 rings (SSSR count). The molecule has 0 aliphatic rings. The predicted octanol–water partition coefficient (Wildman–Crippen LogP) is 1.55. The smallest absolute Gasteiger partial charge is 0.0747 e. The summed E-state index contributed by atoms with van der Waals surface area (Å²) in [7, 11) is 0. The fourth-order valence-corrected chi connectivity index (χ4v) is 1.95. The Hall–Kier alpha value is -0.470. The molecule has 0 bridgehead atoms. The average Bonchev–Trinajstić information content (AvgIpc) is 2.14. The van der Waals surface area contributed by atoms with Crippen molar-refractivity contribution in [1.82, 2.24) is 0 Å². The number of thioether (sulfide) groups is 1. The van der Waals surface area contributed by atoms with Crippen LogP contribution in [0.4, 0.5) is 0 Å². The van der Waals surface area contributed by atoms with E-state index in [0.29, 0.717) is 0 Å². The highest BCUT2D eigenvalue weighted by atomic mass is 32.2. The van der Waals surface area contributed by atoms with Gasteiger partial charge in [-0.2, -0.15) is 11.8 Å². The maximum Gasteiger partial charge on any atom is 0.0747 e. The van der Waals surface area contributed by atoms with Crippen LogP contribution in [-0.2, 0) is 5.75 Å². The van der Waals surface area contributed by atoms with E-state index in [0.717, 1.165) is 12.3 Å². The van der Waals surface area contributed by atoms with E-state index >= 15 is 0 Å². The van der Waals surface area contributed by atoms with Crippen molar-refractivity contribution in [2.75, 3.05) is 12.3 Å². The van der Waals surface area contributed by atoms with E-state index in [-0.39, 0.29) is 0 Å². The minimum atomic E-state index is 1.06. The van der Waals surface area contributed by atoms with Crippen molar-refractivity contribution in [1.29, 1.82) is 0 Å². The lowest BCUT2D eigenvalue weighted by atomic mass is 10.2. The molecule has 0 atom stereocenters. The summed E-state index contributed by atoms with van der Waals surface area (Å²) < 4.78 is 0. The molecule has 0 aliphatic carbocycles. The van der Waals surface area contributed by atoms with Crippen LogP contribution in [0.25, 0.3) is 0 Å². The van der Waals surface area contributed by atoms with Gasteiger partial charge in [0.15, 0.2) is 0 Å². The van der Waals surface area contributed by atoms with Crippen LogP contribution in [0.5, 0.6) is 0 Å². The van der Waals surface area contributed by atoms with Gasteiger partial charge in [-0.25, -0.2) is 0 Å². The van der Waals surface area contributed by atoms with Crippen LogP contribution in [0.15, 0.2) is 30.3 Å². The SMILES string of the molecule is [NH3+]CCCSCc1ccccc1. The minimum Gasteiger partial charge on any atom is -0.358 e. The van der Waals surface area contributed by atoms with E-state index < -0.39 is 0 Å². The van der Waals surface area contributed by atoms with Crippen molar-refractivity contribution in [2.45, 2.75) is 12.2 Å². The van der Waals surface area contributed by atoms with Crippen LogP contribution >= 0.6 is 11.8 Å².